The second-order valence-electron chi connectivity index (χ2n) is 6.15. The van der Waals surface area contributed by atoms with Crippen LogP contribution in [0.1, 0.15) is 28.2 Å². The summed E-state index contributed by atoms with van der Waals surface area (Å²) < 4.78 is 28.7. The molecule has 136 valence electrons. The molecule has 0 unspecified atom stereocenters. The number of halogens is 2. The number of fused-ring (bicyclic) bond motifs is 2. The van der Waals surface area contributed by atoms with Gasteiger partial charge >= 0.3 is 0 Å². The zero-order valence-electron chi connectivity index (χ0n) is 14.1. The van der Waals surface area contributed by atoms with Crippen molar-refractivity contribution in [3.63, 3.8) is 0 Å². The Morgan fingerprint density at radius 1 is 1.22 bits per heavy atom. The number of amides is 1. The largest absolute Gasteiger partial charge is 0.296 e. The molecule has 1 aliphatic rings. The van der Waals surface area contributed by atoms with Crippen LogP contribution in [0.15, 0.2) is 46.3 Å². The van der Waals surface area contributed by atoms with Gasteiger partial charge in [0.2, 0.25) is 0 Å². The van der Waals surface area contributed by atoms with E-state index in [1.807, 2.05) is 0 Å². The molecular formula is C19H14F2N4O2. The average molecular weight is 368 g/mol. The van der Waals surface area contributed by atoms with Crippen molar-refractivity contribution in [1.82, 2.24) is 15.0 Å². The first-order valence-corrected chi connectivity index (χ1v) is 8.35. The Kier molecular flexibility index (Phi) is 4.23. The Bertz CT molecular complexity index is 1130. The first-order valence-electron chi connectivity index (χ1n) is 8.35. The number of aromatic nitrogens is 2. The van der Waals surface area contributed by atoms with Crippen LogP contribution >= 0.6 is 0 Å². The molecule has 0 saturated carbocycles. The summed E-state index contributed by atoms with van der Waals surface area (Å²) >= 11 is 0. The standard InChI is InChI=1S/C19H14F2N4O2/c20-14-3-1-4-15(21)13(14)10-22-24-18(26)11-6-7-12-16(9-11)23-17-5-2-8-25(17)19(12)27/h1,3-4,6-7,9-10H,2,5,8H2,(H,24,26)/b22-10-. The molecule has 0 saturated heterocycles. The number of rotatable bonds is 3. The minimum absolute atomic E-state index is 0.118. The van der Waals surface area contributed by atoms with Crippen molar-refractivity contribution in [2.75, 3.05) is 0 Å². The van der Waals surface area contributed by atoms with Crippen molar-refractivity contribution in [2.45, 2.75) is 19.4 Å². The number of hydrogen-bond donors (Lipinski definition) is 1. The summed E-state index contributed by atoms with van der Waals surface area (Å²) in [6.45, 7) is 0.653. The summed E-state index contributed by atoms with van der Waals surface area (Å²) in [4.78, 5) is 29.1. The third-order valence-corrected chi connectivity index (χ3v) is 4.44. The molecule has 2 heterocycles. The number of aryl methyl sites for hydroxylation is 1. The highest BCUT2D eigenvalue weighted by molar-refractivity contribution is 5.98. The third kappa shape index (κ3) is 3.10. The van der Waals surface area contributed by atoms with Crippen LogP contribution in [0.3, 0.4) is 0 Å². The first kappa shape index (κ1) is 17.0. The van der Waals surface area contributed by atoms with E-state index in [4.69, 9.17) is 0 Å². The van der Waals surface area contributed by atoms with Gasteiger partial charge in [0.1, 0.15) is 17.5 Å². The van der Waals surface area contributed by atoms with E-state index in [1.54, 1.807) is 10.6 Å². The van der Waals surface area contributed by atoms with Gasteiger partial charge in [0.25, 0.3) is 11.5 Å². The molecule has 6 nitrogen and oxygen atoms in total. The lowest BCUT2D eigenvalue weighted by Crippen LogP contribution is -2.22. The summed E-state index contributed by atoms with van der Waals surface area (Å²) in [5.41, 5.74) is 2.43. The smallest absolute Gasteiger partial charge is 0.271 e. The number of carbonyl (C=O) groups excluding carboxylic acids is 1. The van der Waals surface area contributed by atoms with Crippen molar-refractivity contribution in [3.05, 3.63) is 75.3 Å². The zero-order valence-corrected chi connectivity index (χ0v) is 14.1. The van der Waals surface area contributed by atoms with Crippen LogP contribution < -0.4 is 11.0 Å². The van der Waals surface area contributed by atoms with Crippen LogP contribution in [0, 0.1) is 11.6 Å². The highest BCUT2D eigenvalue weighted by Crippen LogP contribution is 2.16. The summed E-state index contributed by atoms with van der Waals surface area (Å²) in [5, 5.41) is 4.04. The van der Waals surface area contributed by atoms with E-state index in [0.717, 1.165) is 31.2 Å². The van der Waals surface area contributed by atoms with Crippen LogP contribution in [0.25, 0.3) is 10.9 Å². The second-order valence-corrected chi connectivity index (χ2v) is 6.15. The molecule has 0 aliphatic carbocycles. The SMILES string of the molecule is O=C(N/N=C\c1c(F)cccc1F)c1ccc2c(=O)n3c(nc2c1)CCC3. The van der Waals surface area contributed by atoms with Gasteiger partial charge in [0.05, 0.1) is 22.7 Å². The van der Waals surface area contributed by atoms with Gasteiger partial charge in [-0.3, -0.25) is 14.2 Å². The fourth-order valence-corrected chi connectivity index (χ4v) is 3.08. The van der Waals surface area contributed by atoms with E-state index in [2.05, 4.69) is 15.5 Å². The normalized spacial score (nSPS) is 13.3. The van der Waals surface area contributed by atoms with Crippen molar-refractivity contribution < 1.29 is 13.6 Å². The van der Waals surface area contributed by atoms with Crippen molar-refractivity contribution >= 4 is 23.0 Å². The first-order chi connectivity index (χ1) is 13.0. The fraction of sp³-hybridized carbons (Fsp3) is 0.158. The van der Waals surface area contributed by atoms with E-state index in [9.17, 15) is 18.4 Å². The summed E-state index contributed by atoms with van der Waals surface area (Å²) in [7, 11) is 0. The van der Waals surface area contributed by atoms with E-state index in [0.29, 0.717) is 23.3 Å². The van der Waals surface area contributed by atoms with Crippen molar-refractivity contribution in [1.29, 1.82) is 0 Å². The van der Waals surface area contributed by atoms with Gasteiger partial charge < -0.3 is 0 Å². The lowest BCUT2D eigenvalue weighted by Gasteiger charge is -2.06. The van der Waals surface area contributed by atoms with Gasteiger partial charge in [-0.25, -0.2) is 19.2 Å². The molecule has 1 aliphatic heterocycles. The van der Waals surface area contributed by atoms with Crippen LogP contribution in [0.5, 0.6) is 0 Å². The molecule has 1 aromatic heterocycles. The Hall–Kier alpha value is -3.42. The minimum atomic E-state index is -0.780. The zero-order chi connectivity index (χ0) is 19.0. The van der Waals surface area contributed by atoms with Crippen molar-refractivity contribution in [2.24, 2.45) is 5.10 Å². The predicted molar refractivity (Wildman–Crippen MR) is 95.7 cm³/mol. The van der Waals surface area contributed by atoms with E-state index >= 15 is 0 Å². The molecule has 0 radical (unpaired) electrons. The van der Waals surface area contributed by atoms with Gasteiger partial charge in [-0.2, -0.15) is 5.10 Å². The third-order valence-electron chi connectivity index (χ3n) is 4.44. The quantitative estimate of drug-likeness (QED) is 0.570. The predicted octanol–water partition coefficient (Wildman–Crippen LogP) is 2.38. The maximum atomic E-state index is 13.5. The molecule has 0 spiro atoms. The number of nitrogens with one attached hydrogen (secondary N) is 1. The Morgan fingerprint density at radius 2 is 2.00 bits per heavy atom. The average Bonchev–Trinajstić information content (AvgIpc) is 3.12. The monoisotopic (exact) mass is 368 g/mol. The lowest BCUT2D eigenvalue weighted by atomic mass is 10.1. The number of hydrazone groups is 1. The van der Waals surface area contributed by atoms with Gasteiger partial charge in [0.15, 0.2) is 0 Å². The van der Waals surface area contributed by atoms with E-state index < -0.39 is 17.5 Å². The van der Waals surface area contributed by atoms with E-state index in [-0.39, 0.29) is 16.7 Å². The number of nitrogens with zero attached hydrogens (tertiary/aromatic N) is 3. The minimum Gasteiger partial charge on any atom is -0.296 e. The summed E-state index contributed by atoms with van der Waals surface area (Å²) in [5.74, 6) is -1.43. The number of hydrogen-bond acceptors (Lipinski definition) is 4. The van der Waals surface area contributed by atoms with Gasteiger partial charge in [0, 0.05) is 18.5 Å². The van der Waals surface area contributed by atoms with Gasteiger partial charge in [-0.15, -0.1) is 0 Å². The molecule has 2 aromatic carbocycles. The molecule has 0 fully saturated rings. The van der Waals surface area contributed by atoms with Crippen LogP contribution in [0.4, 0.5) is 8.78 Å². The molecule has 1 amide bonds. The highest BCUT2D eigenvalue weighted by atomic mass is 19.1. The maximum Gasteiger partial charge on any atom is 0.271 e. The van der Waals surface area contributed by atoms with Crippen LogP contribution in [0.2, 0.25) is 0 Å². The van der Waals surface area contributed by atoms with Crippen LogP contribution in [-0.2, 0) is 13.0 Å². The van der Waals surface area contributed by atoms with Crippen LogP contribution in [-0.4, -0.2) is 21.7 Å². The maximum absolute atomic E-state index is 13.5. The molecule has 3 aromatic rings. The van der Waals surface area contributed by atoms with E-state index in [1.165, 1.54) is 18.2 Å². The molecule has 4 rings (SSSR count). The molecular weight excluding hydrogens is 354 g/mol. The molecule has 27 heavy (non-hydrogen) atoms. The summed E-state index contributed by atoms with van der Waals surface area (Å²) in [6.07, 6.45) is 2.49. The summed E-state index contributed by atoms with van der Waals surface area (Å²) in [6, 6.07) is 7.97. The lowest BCUT2D eigenvalue weighted by molar-refractivity contribution is 0.0955. The Labute approximate surface area is 152 Å². The fourth-order valence-electron chi connectivity index (χ4n) is 3.08. The Morgan fingerprint density at radius 3 is 2.78 bits per heavy atom. The highest BCUT2D eigenvalue weighted by Gasteiger charge is 2.17. The molecule has 0 atom stereocenters. The molecule has 8 heteroatoms. The van der Waals surface area contributed by atoms with Gasteiger partial charge in [-0.1, -0.05) is 6.07 Å². The van der Waals surface area contributed by atoms with Crippen molar-refractivity contribution in [3.8, 4) is 0 Å². The van der Waals surface area contributed by atoms with Gasteiger partial charge in [-0.05, 0) is 36.8 Å². The number of benzene rings is 2. The Balaban J connectivity index is 1.59. The second kappa shape index (κ2) is 6.71. The topological polar surface area (TPSA) is 76.3 Å². The molecule has 1 N–H and O–H groups in total. The number of carbonyl (C=O) groups is 1. The molecule has 0 bridgehead atoms.